The Balaban J connectivity index is 1.79. The molecule has 0 aromatic heterocycles. The molecule has 0 radical (unpaired) electrons. The third-order valence-electron chi connectivity index (χ3n) is 12.0. The smallest absolute Gasteiger partial charge is 0.306 e. The van der Waals surface area contributed by atoms with Gasteiger partial charge in [0.1, 0.15) is 54.9 Å². The summed E-state index contributed by atoms with van der Waals surface area (Å²) in [5.41, 5.74) is 0. The third kappa shape index (κ3) is 30.8. The van der Waals surface area contributed by atoms with Crippen molar-refractivity contribution in [2.75, 3.05) is 33.0 Å². The van der Waals surface area contributed by atoms with Crippen molar-refractivity contribution in [2.45, 2.75) is 216 Å². The van der Waals surface area contributed by atoms with Crippen LogP contribution in [0.15, 0.2) is 109 Å². The average Bonchev–Trinajstić information content (AvgIpc) is 3.38. The maximum absolute atomic E-state index is 13.0. The molecule has 0 aliphatic carbocycles. The minimum absolute atomic E-state index is 0.0232. The first-order chi connectivity index (χ1) is 35.1. The van der Waals surface area contributed by atoms with Crippen molar-refractivity contribution in [3.05, 3.63) is 109 Å². The Morgan fingerprint density at radius 1 is 0.472 bits per heavy atom. The minimum Gasteiger partial charge on any atom is -0.457 e. The molecule has 2 rings (SSSR count). The number of aliphatic hydroxyl groups excluding tert-OH is 7. The second-order valence-electron chi connectivity index (χ2n) is 18.3. The molecule has 2 heterocycles. The van der Waals surface area contributed by atoms with E-state index in [0.717, 1.165) is 89.9 Å². The van der Waals surface area contributed by atoms with Gasteiger partial charge in [-0.15, -0.1) is 0 Å². The predicted molar refractivity (Wildman–Crippen MR) is 284 cm³/mol. The Morgan fingerprint density at radius 3 is 1.42 bits per heavy atom. The molecule has 0 amide bonds. The molecule has 14 heteroatoms. The molecule has 7 N–H and O–H groups in total. The summed E-state index contributed by atoms with van der Waals surface area (Å²) in [6.45, 7) is 3.40. The molecule has 0 spiro atoms. The number of hydrogen-bond donors (Lipinski definition) is 7. The molecule has 410 valence electrons. The highest BCUT2D eigenvalue weighted by Crippen LogP contribution is 2.26. The van der Waals surface area contributed by atoms with Crippen molar-refractivity contribution in [1.82, 2.24) is 0 Å². The van der Waals surface area contributed by atoms with Gasteiger partial charge >= 0.3 is 5.97 Å². The molecule has 2 aliphatic rings. The molecule has 11 atom stereocenters. The number of rotatable bonds is 41. The van der Waals surface area contributed by atoms with Crippen molar-refractivity contribution in [1.29, 1.82) is 0 Å². The number of hydrogen-bond acceptors (Lipinski definition) is 14. The zero-order valence-electron chi connectivity index (χ0n) is 43.6. The fourth-order valence-electron chi connectivity index (χ4n) is 7.64. The standard InChI is InChI=1S/C58H94O14/c1-3-5-7-9-11-13-15-17-19-20-21-22-23-24-25-26-27-29-31-33-35-37-39-41-50(60)70-47(44-67-42-40-38-36-34-32-30-28-18-16-14-12-10-8-6-4-2)45-68-57-56(66)54(64)52(62)49(72-57)46-69-58-55(65)53(63)51(61)48(43-59)71-58/h5,7,10-13,16-19,21-22,24-25,27,29,33,35,47-49,51-59,61-66H,3-4,6,8-9,14-15,20,23,26,28,30-32,34,36-46H2,1-2H3/b7-5-,12-10-,13-11-,18-16-,19-17-,22-21-,25-24-,29-27-,35-33-. The van der Waals surface area contributed by atoms with Gasteiger partial charge in [0, 0.05) is 13.0 Å². The maximum atomic E-state index is 13.0. The number of unbranched alkanes of at least 4 members (excludes halogenated alkanes) is 9. The molecule has 72 heavy (non-hydrogen) atoms. The molecule has 2 fully saturated rings. The second-order valence-corrected chi connectivity index (χ2v) is 18.3. The lowest BCUT2D eigenvalue weighted by Gasteiger charge is -2.42. The van der Waals surface area contributed by atoms with Gasteiger partial charge in [-0.3, -0.25) is 4.79 Å². The van der Waals surface area contributed by atoms with Crippen LogP contribution >= 0.6 is 0 Å². The highest BCUT2D eigenvalue weighted by molar-refractivity contribution is 5.69. The number of carbonyl (C=O) groups is 1. The topological polar surface area (TPSA) is 214 Å². The lowest BCUT2D eigenvalue weighted by molar-refractivity contribution is -0.332. The van der Waals surface area contributed by atoms with Crippen LogP contribution in [0.1, 0.15) is 149 Å². The van der Waals surface area contributed by atoms with Crippen LogP contribution in [-0.4, -0.2) is 142 Å². The Labute approximate surface area is 432 Å². The normalized spacial score (nSPS) is 26.0. The van der Waals surface area contributed by atoms with Gasteiger partial charge in [0.05, 0.1) is 26.4 Å². The summed E-state index contributed by atoms with van der Waals surface area (Å²) in [7, 11) is 0. The zero-order chi connectivity index (χ0) is 52.3. The molecule has 2 saturated heterocycles. The first kappa shape index (κ1) is 64.8. The van der Waals surface area contributed by atoms with Gasteiger partial charge < -0.3 is 64.2 Å². The molecule has 2 aliphatic heterocycles. The molecule has 11 unspecified atom stereocenters. The summed E-state index contributed by atoms with van der Waals surface area (Å²) in [5, 5.41) is 72.2. The van der Waals surface area contributed by atoms with Crippen molar-refractivity contribution >= 4 is 5.97 Å². The second kappa shape index (κ2) is 44.0. The van der Waals surface area contributed by atoms with Crippen LogP contribution in [0.4, 0.5) is 0 Å². The Kier molecular flexibility index (Phi) is 39.6. The number of allylic oxidation sites excluding steroid dienone is 18. The molecule has 0 aromatic rings. The van der Waals surface area contributed by atoms with Crippen LogP contribution in [0.3, 0.4) is 0 Å². The highest BCUT2D eigenvalue weighted by atomic mass is 16.7. The lowest BCUT2D eigenvalue weighted by Crippen LogP contribution is -2.61. The first-order valence-electron chi connectivity index (χ1n) is 27.0. The quantitative estimate of drug-likeness (QED) is 0.0173. The predicted octanol–water partition coefficient (Wildman–Crippen LogP) is 8.79. The van der Waals surface area contributed by atoms with E-state index in [9.17, 15) is 40.5 Å². The van der Waals surface area contributed by atoms with Gasteiger partial charge in [-0.2, -0.15) is 0 Å². The number of aliphatic hydroxyl groups is 7. The van der Waals surface area contributed by atoms with E-state index in [0.29, 0.717) is 19.4 Å². The van der Waals surface area contributed by atoms with Crippen molar-refractivity contribution in [2.24, 2.45) is 0 Å². The van der Waals surface area contributed by atoms with E-state index in [-0.39, 0.29) is 19.6 Å². The Morgan fingerprint density at radius 2 is 0.903 bits per heavy atom. The van der Waals surface area contributed by atoms with E-state index in [1.807, 2.05) is 6.08 Å². The molecule has 0 bridgehead atoms. The summed E-state index contributed by atoms with van der Waals surface area (Å²) in [6.07, 6.45) is 42.9. The summed E-state index contributed by atoms with van der Waals surface area (Å²) < 4.78 is 34.2. The van der Waals surface area contributed by atoms with Gasteiger partial charge in [0.25, 0.3) is 0 Å². The molecule has 0 saturated carbocycles. The summed E-state index contributed by atoms with van der Waals surface area (Å²) in [5.74, 6) is -0.442. The number of carbonyl (C=O) groups excluding carboxylic acids is 1. The van der Waals surface area contributed by atoms with Gasteiger partial charge in [-0.25, -0.2) is 0 Å². The van der Waals surface area contributed by atoms with E-state index < -0.39 is 86.7 Å². The van der Waals surface area contributed by atoms with Gasteiger partial charge in [0.2, 0.25) is 0 Å². The fourth-order valence-corrected chi connectivity index (χ4v) is 7.64. The Bertz CT molecular complexity index is 1600. The van der Waals surface area contributed by atoms with Crippen LogP contribution < -0.4 is 0 Å². The van der Waals surface area contributed by atoms with Crippen LogP contribution in [-0.2, 0) is 33.2 Å². The molecule has 14 nitrogen and oxygen atoms in total. The third-order valence-corrected chi connectivity index (χ3v) is 12.0. The molecular formula is C58H94O14. The minimum atomic E-state index is -1.73. The van der Waals surface area contributed by atoms with E-state index in [1.165, 1.54) is 25.7 Å². The fraction of sp³-hybridized carbons (Fsp3) is 0.672. The maximum Gasteiger partial charge on any atom is 0.306 e. The number of esters is 1. The largest absolute Gasteiger partial charge is 0.457 e. The Hall–Kier alpha value is -3.35. The van der Waals surface area contributed by atoms with E-state index in [2.05, 4.69) is 117 Å². The van der Waals surface area contributed by atoms with E-state index >= 15 is 0 Å². The first-order valence-corrected chi connectivity index (χ1v) is 27.0. The summed E-state index contributed by atoms with van der Waals surface area (Å²) in [4.78, 5) is 13.0. The lowest BCUT2D eigenvalue weighted by atomic mass is 9.98. The van der Waals surface area contributed by atoms with Gasteiger partial charge in [-0.05, 0) is 89.9 Å². The van der Waals surface area contributed by atoms with Crippen molar-refractivity contribution in [3.8, 4) is 0 Å². The van der Waals surface area contributed by atoms with Crippen molar-refractivity contribution < 1.29 is 69.0 Å². The zero-order valence-corrected chi connectivity index (χ0v) is 43.6. The van der Waals surface area contributed by atoms with Gasteiger partial charge in [0.15, 0.2) is 12.6 Å². The molecular weight excluding hydrogens is 921 g/mol. The van der Waals surface area contributed by atoms with Crippen LogP contribution in [0, 0.1) is 0 Å². The summed E-state index contributed by atoms with van der Waals surface area (Å²) >= 11 is 0. The van der Waals surface area contributed by atoms with E-state index in [4.69, 9.17) is 28.4 Å². The summed E-state index contributed by atoms with van der Waals surface area (Å²) in [6, 6.07) is 0. The van der Waals surface area contributed by atoms with Crippen LogP contribution in [0.5, 0.6) is 0 Å². The monoisotopic (exact) mass is 1010 g/mol. The highest BCUT2D eigenvalue weighted by Gasteiger charge is 2.47. The van der Waals surface area contributed by atoms with Crippen molar-refractivity contribution in [3.63, 3.8) is 0 Å². The van der Waals surface area contributed by atoms with Crippen LogP contribution in [0.2, 0.25) is 0 Å². The van der Waals surface area contributed by atoms with E-state index in [1.54, 1.807) is 0 Å². The molecule has 0 aromatic carbocycles. The SMILES string of the molecule is CC/C=C\C/C=C\C/C=C\C/C=C\C/C=C\C/C=C\C/C=C\CCCC(=O)OC(COCCCCCCCC/C=C\C/C=C\CCCC)COC1OC(COC2OC(CO)C(O)C(O)C2O)C(O)C(O)C1O. The number of ether oxygens (including phenoxy) is 6. The van der Waals surface area contributed by atoms with Crippen LogP contribution in [0.25, 0.3) is 0 Å². The van der Waals surface area contributed by atoms with Gasteiger partial charge in [-0.1, -0.05) is 162 Å². The average molecular weight is 1020 g/mol.